The quantitative estimate of drug-likeness (QED) is 0.792. The molecule has 0 aromatic rings. The summed E-state index contributed by atoms with van der Waals surface area (Å²) in [5.41, 5.74) is 0. The summed E-state index contributed by atoms with van der Waals surface area (Å²) in [6, 6.07) is 0.587. The Morgan fingerprint density at radius 1 is 1.33 bits per heavy atom. The van der Waals surface area contributed by atoms with Gasteiger partial charge in [-0.05, 0) is 38.1 Å². The molecule has 0 aromatic heterocycles. The van der Waals surface area contributed by atoms with E-state index in [1.807, 2.05) is 0 Å². The standard InChI is InChI=1S/C15H29NO2/c1-11(2)8-13-6-5-7-14(9-13)16(4)10-12(3)15(17)18/h11-14H,5-10H2,1-4H3,(H,17,18). The van der Waals surface area contributed by atoms with E-state index < -0.39 is 5.97 Å². The second-order valence-corrected chi connectivity index (χ2v) is 6.49. The van der Waals surface area contributed by atoms with Crippen molar-refractivity contribution >= 4 is 5.97 Å². The number of hydrogen-bond donors (Lipinski definition) is 1. The first kappa shape index (κ1) is 15.5. The highest BCUT2D eigenvalue weighted by molar-refractivity contribution is 5.69. The van der Waals surface area contributed by atoms with E-state index in [1.165, 1.54) is 32.1 Å². The minimum absolute atomic E-state index is 0.263. The van der Waals surface area contributed by atoms with Gasteiger partial charge in [-0.15, -0.1) is 0 Å². The van der Waals surface area contributed by atoms with E-state index in [-0.39, 0.29) is 5.92 Å². The summed E-state index contributed by atoms with van der Waals surface area (Å²) < 4.78 is 0. The Morgan fingerprint density at radius 3 is 2.56 bits per heavy atom. The minimum atomic E-state index is -0.684. The van der Waals surface area contributed by atoms with Gasteiger partial charge in [0.1, 0.15) is 0 Å². The zero-order chi connectivity index (χ0) is 13.7. The summed E-state index contributed by atoms with van der Waals surface area (Å²) >= 11 is 0. The number of aliphatic carboxylic acids is 1. The van der Waals surface area contributed by atoms with Crippen LogP contribution in [0.3, 0.4) is 0 Å². The lowest BCUT2D eigenvalue weighted by atomic mass is 9.80. The third-order valence-electron chi connectivity index (χ3n) is 4.17. The molecule has 3 atom stereocenters. The Balaban J connectivity index is 2.42. The van der Waals surface area contributed by atoms with Gasteiger partial charge in [-0.3, -0.25) is 4.79 Å². The molecule has 0 spiro atoms. The molecule has 0 bridgehead atoms. The number of hydrogen-bond acceptors (Lipinski definition) is 2. The average Bonchev–Trinajstić information content (AvgIpc) is 2.28. The summed E-state index contributed by atoms with van der Waals surface area (Å²) in [5, 5.41) is 8.97. The summed E-state index contributed by atoms with van der Waals surface area (Å²) in [5.74, 6) is 0.667. The maximum Gasteiger partial charge on any atom is 0.307 e. The van der Waals surface area contributed by atoms with Gasteiger partial charge in [0, 0.05) is 12.6 Å². The smallest absolute Gasteiger partial charge is 0.307 e. The van der Waals surface area contributed by atoms with E-state index in [0.29, 0.717) is 12.6 Å². The molecule has 0 saturated heterocycles. The lowest BCUT2D eigenvalue weighted by Crippen LogP contribution is -2.40. The molecule has 1 aliphatic carbocycles. The molecule has 0 aliphatic heterocycles. The van der Waals surface area contributed by atoms with Crippen LogP contribution in [0.25, 0.3) is 0 Å². The minimum Gasteiger partial charge on any atom is -0.481 e. The molecule has 0 aromatic carbocycles. The molecule has 0 heterocycles. The highest BCUT2D eigenvalue weighted by Crippen LogP contribution is 2.31. The van der Waals surface area contributed by atoms with Gasteiger partial charge >= 0.3 is 5.97 Å². The van der Waals surface area contributed by atoms with Crippen LogP contribution in [0.1, 0.15) is 52.9 Å². The summed E-state index contributed by atoms with van der Waals surface area (Å²) in [6.07, 6.45) is 6.46. The summed E-state index contributed by atoms with van der Waals surface area (Å²) in [4.78, 5) is 13.2. The number of rotatable bonds is 6. The first-order valence-electron chi connectivity index (χ1n) is 7.33. The van der Waals surface area contributed by atoms with Gasteiger partial charge in [0.25, 0.3) is 0 Å². The van der Waals surface area contributed by atoms with Gasteiger partial charge < -0.3 is 10.0 Å². The Labute approximate surface area is 112 Å². The number of carboxylic acids is 1. The van der Waals surface area contributed by atoms with Crippen LogP contribution >= 0.6 is 0 Å². The van der Waals surface area contributed by atoms with Gasteiger partial charge in [-0.1, -0.05) is 33.6 Å². The molecular weight excluding hydrogens is 226 g/mol. The van der Waals surface area contributed by atoms with Crippen molar-refractivity contribution in [1.82, 2.24) is 4.90 Å². The van der Waals surface area contributed by atoms with Gasteiger partial charge in [-0.2, -0.15) is 0 Å². The zero-order valence-electron chi connectivity index (χ0n) is 12.4. The molecular formula is C15H29NO2. The van der Waals surface area contributed by atoms with Crippen LogP contribution in [0.4, 0.5) is 0 Å². The normalized spacial score (nSPS) is 26.6. The molecule has 3 nitrogen and oxygen atoms in total. The topological polar surface area (TPSA) is 40.5 Å². The molecule has 0 amide bonds. The van der Waals surface area contributed by atoms with Crippen molar-refractivity contribution in [3.05, 3.63) is 0 Å². The fourth-order valence-electron chi connectivity index (χ4n) is 3.20. The fourth-order valence-corrected chi connectivity index (χ4v) is 3.20. The molecule has 106 valence electrons. The molecule has 1 aliphatic rings. The lowest BCUT2D eigenvalue weighted by molar-refractivity contribution is -0.141. The van der Waals surface area contributed by atoms with Crippen LogP contribution in [0.5, 0.6) is 0 Å². The van der Waals surface area contributed by atoms with Crippen LogP contribution in [-0.4, -0.2) is 35.6 Å². The van der Waals surface area contributed by atoms with Crippen LogP contribution in [0, 0.1) is 17.8 Å². The van der Waals surface area contributed by atoms with Crippen molar-refractivity contribution in [3.8, 4) is 0 Å². The van der Waals surface area contributed by atoms with E-state index in [2.05, 4.69) is 25.8 Å². The van der Waals surface area contributed by atoms with Crippen molar-refractivity contribution in [2.45, 2.75) is 58.9 Å². The zero-order valence-corrected chi connectivity index (χ0v) is 12.4. The predicted molar refractivity (Wildman–Crippen MR) is 74.6 cm³/mol. The van der Waals surface area contributed by atoms with E-state index in [0.717, 1.165) is 11.8 Å². The van der Waals surface area contributed by atoms with Crippen molar-refractivity contribution < 1.29 is 9.90 Å². The predicted octanol–water partition coefficient (Wildman–Crippen LogP) is 3.24. The Kier molecular flexibility index (Phi) is 6.13. The van der Waals surface area contributed by atoms with Gasteiger partial charge in [0.2, 0.25) is 0 Å². The van der Waals surface area contributed by atoms with Crippen molar-refractivity contribution in [3.63, 3.8) is 0 Å². The molecule has 1 saturated carbocycles. The maximum absolute atomic E-state index is 10.9. The Morgan fingerprint density at radius 2 is 2.00 bits per heavy atom. The van der Waals surface area contributed by atoms with Crippen molar-refractivity contribution in [1.29, 1.82) is 0 Å². The lowest BCUT2D eigenvalue weighted by Gasteiger charge is -2.36. The highest BCUT2D eigenvalue weighted by atomic mass is 16.4. The second-order valence-electron chi connectivity index (χ2n) is 6.49. The van der Waals surface area contributed by atoms with E-state index >= 15 is 0 Å². The Bertz CT molecular complexity index is 265. The second kappa shape index (κ2) is 7.13. The molecule has 3 heteroatoms. The van der Waals surface area contributed by atoms with Crippen LogP contribution in [0.15, 0.2) is 0 Å². The SMILES string of the molecule is CC(C)CC1CCCC(N(C)CC(C)C(=O)O)C1. The first-order valence-corrected chi connectivity index (χ1v) is 7.33. The van der Waals surface area contributed by atoms with Gasteiger partial charge in [0.05, 0.1) is 5.92 Å². The van der Waals surface area contributed by atoms with E-state index in [9.17, 15) is 4.79 Å². The highest BCUT2D eigenvalue weighted by Gasteiger charge is 2.26. The third kappa shape index (κ3) is 4.97. The van der Waals surface area contributed by atoms with Crippen LogP contribution < -0.4 is 0 Å². The van der Waals surface area contributed by atoms with Gasteiger partial charge in [0.15, 0.2) is 0 Å². The third-order valence-corrected chi connectivity index (χ3v) is 4.17. The largest absolute Gasteiger partial charge is 0.481 e. The average molecular weight is 255 g/mol. The molecule has 1 fully saturated rings. The fraction of sp³-hybridized carbons (Fsp3) is 0.933. The summed E-state index contributed by atoms with van der Waals surface area (Å²) in [6.45, 7) is 7.06. The molecule has 1 N–H and O–H groups in total. The first-order chi connectivity index (χ1) is 8.40. The number of carbonyl (C=O) groups is 1. The van der Waals surface area contributed by atoms with Crippen LogP contribution in [-0.2, 0) is 4.79 Å². The maximum atomic E-state index is 10.9. The molecule has 3 unspecified atom stereocenters. The monoisotopic (exact) mass is 255 g/mol. The molecule has 18 heavy (non-hydrogen) atoms. The van der Waals surface area contributed by atoms with E-state index in [4.69, 9.17) is 5.11 Å². The molecule has 0 radical (unpaired) electrons. The van der Waals surface area contributed by atoms with Gasteiger partial charge in [-0.25, -0.2) is 0 Å². The summed E-state index contributed by atoms with van der Waals surface area (Å²) in [7, 11) is 2.09. The molecule has 1 rings (SSSR count). The Hall–Kier alpha value is -0.570. The number of nitrogens with zero attached hydrogens (tertiary/aromatic N) is 1. The van der Waals surface area contributed by atoms with Crippen molar-refractivity contribution in [2.24, 2.45) is 17.8 Å². The van der Waals surface area contributed by atoms with Crippen LogP contribution in [0.2, 0.25) is 0 Å². The van der Waals surface area contributed by atoms with E-state index in [1.54, 1.807) is 6.92 Å². The van der Waals surface area contributed by atoms with Crippen molar-refractivity contribution in [2.75, 3.05) is 13.6 Å². The number of carboxylic acid groups (broad SMARTS) is 1.